The number of hydrogen-bond donors (Lipinski definition) is 2. The number of carbonyl (C=O) groups excluding carboxylic acids is 1. The van der Waals surface area contributed by atoms with Gasteiger partial charge in [-0.15, -0.1) is 11.3 Å². The summed E-state index contributed by atoms with van der Waals surface area (Å²) >= 11 is 1.57. The number of anilines is 1. The van der Waals surface area contributed by atoms with Gasteiger partial charge in [-0.05, 0) is 56.3 Å². The molecule has 2 aromatic rings. The maximum Gasteiger partial charge on any atom is 0.410 e. The smallest absolute Gasteiger partial charge is 0.410 e. The zero-order valence-electron chi connectivity index (χ0n) is 17.5. The standard InChI is InChI=1S/C11H20N2O2.C10H8N2O2S/c1-10(2,3)15-9(14)13-5-4-11(8-13)6-12-7-11;11-8-6-7(10-2-1-5-15-10)3-4-9(8)12(13)14/h12H,4-8H2,1-3H3;1-6H,11H2. The molecule has 8 nitrogen and oxygen atoms in total. The van der Waals surface area contributed by atoms with Gasteiger partial charge in [-0.3, -0.25) is 10.1 Å². The van der Waals surface area contributed by atoms with Crippen LogP contribution in [0.15, 0.2) is 35.7 Å². The zero-order chi connectivity index (χ0) is 21.9. The lowest BCUT2D eigenvalue weighted by atomic mass is 9.81. The Labute approximate surface area is 180 Å². The van der Waals surface area contributed by atoms with Crippen LogP contribution in [0.3, 0.4) is 0 Å². The summed E-state index contributed by atoms with van der Waals surface area (Å²) < 4.78 is 5.35. The number of nitrogens with one attached hydrogen (secondary N) is 1. The van der Waals surface area contributed by atoms with Crippen LogP contribution in [0.5, 0.6) is 0 Å². The predicted molar refractivity (Wildman–Crippen MR) is 119 cm³/mol. The van der Waals surface area contributed by atoms with Crippen LogP contribution in [0.25, 0.3) is 10.4 Å². The van der Waals surface area contributed by atoms with Crippen LogP contribution >= 0.6 is 11.3 Å². The van der Waals surface area contributed by atoms with E-state index in [1.54, 1.807) is 23.5 Å². The fourth-order valence-electron chi connectivity index (χ4n) is 3.50. The number of nitrogens with zero attached hydrogens (tertiary/aromatic N) is 2. The monoisotopic (exact) mass is 432 g/mol. The topological polar surface area (TPSA) is 111 Å². The van der Waals surface area contributed by atoms with Crippen LogP contribution in [0.2, 0.25) is 0 Å². The average Bonchev–Trinajstić information content (AvgIpc) is 3.30. The summed E-state index contributed by atoms with van der Waals surface area (Å²) in [5.41, 5.74) is 6.63. The summed E-state index contributed by atoms with van der Waals surface area (Å²) in [4.78, 5) is 24.7. The van der Waals surface area contributed by atoms with E-state index < -0.39 is 4.92 Å². The molecule has 0 radical (unpaired) electrons. The molecule has 162 valence electrons. The fourth-order valence-corrected chi connectivity index (χ4v) is 4.23. The summed E-state index contributed by atoms with van der Waals surface area (Å²) in [6.07, 6.45) is 0.950. The lowest BCUT2D eigenvalue weighted by Gasteiger charge is -2.39. The second-order valence-electron chi connectivity index (χ2n) is 8.76. The van der Waals surface area contributed by atoms with Gasteiger partial charge >= 0.3 is 6.09 Å². The number of likely N-dealkylation sites (tertiary alicyclic amines) is 1. The number of nitrogen functional groups attached to an aromatic ring is 1. The van der Waals surface area contributed by atoms with Gasteiger partial charge in [-0.1, -0.05) is 6.07 Å². The largest absolute Gasteiger partial charge is 0.444 e. The molecule has 1 spiro atoms. The Morgan fingerprint density at radius 1 is 1.33 bits per heavy atom. The van der Waals surface area contributed by atoms with Crippen molar-refractivity contribution in [2.24, 2.45) is 5.41 Å². The van der Waals surface area contributed by atoms with E-state index in [0.717, 1.165) is 43.0 Å². The highest BCUT2D eigenvalue weighted by atomic mass is 32.1. The Balaban J connectivity index is 0.000000171. The van der Waals surface area contributed by atoms with E-state index in [2.05, 4.69) is 5.32 Å². The highest BCUT2D eigenvalue weighted by molar-refractivity contribution is 7.13. The lowest BCUT2D eigenvalue weighted by Crippen LogP contribution is -2.55. The highest BCUT2D eigenvalue weighted by Gasteiger charge is 2.45. The molecule has 2 aliphatic rings. The van der Waals surface area contributed by atoms with Crippen molar-refractivity contribution in [3.8, 4) is 10.4 Å². The van der Waals surface area contributed by atoms with Crippen molar-refractivity contribution < 1.29 is 14.5 Å². The fraction of sp³-hybridized carbons (Fsp3) is 0.476. The summed E-state index contributed by atoms with van der Waals surface area (Å²) in [6.45, 7) is 9.51. The normalized spacial score (nSPS) is 17.1. The number of nitro benzene ring substituents is 1. The Morgan fingerprint density at radius 3 is 2.53 bits per heavy atom. The van der Waals surface area contributed by atoms with E-state index in [0.29, 0.717) is 5.41 Å². The highest BCUT2D eigenvalue weighted by Crippen LogP contribution is 2.34. The van der Waals surface area contributed by atoms with Gasteiger partial charge in [0.25, 0.3) is 5.69 Å². The zero-order valence-corrected chi connectivity index (χ0v) is 18.3. The molecular weight excluding hydrogens is 404 g/mol. The number of hydrogen-bond acceptors (Lipinski definition) is 7. The van der Waals surface area contributed by atoms with E-state index in [4.69, 9.17) is 10.5 Å². The molecule has 0 atom stereocenters. The third kappa shape index (κ3) is 5.28. The Hall–Kier alpha value is -2.65. The Bertz CT molecular complexity index is 904. The quantitative estimate of drug-likeness (QED) is 0.419. The number of amides is 1. The lowest BCUT2D eigenvalue weighted by molar-refractivity contribution is -0.383. The number of ether oxygens (including phenoxy) is 1. The summed E-state index contributed by atoms with van der Waals surface area (Å²) in [6, 6.07) is 8.65. The second-order valence-corrected chi connectivity index (χ2v) is 9.71. The average molecular weight is 433 g/mol. The SMILES string of the molecule is CC(C)(C)OC(=O)N1CCC2(CNC2)C1.Nc1cc(-c2cccs2)ccc1[N+](=O)[O-]. The molecule has 1 aromatic carbocycles. The maximum absolute atomic E-state index is 11.8. The van der Waals surface area contributed by atoms with E-state index in [1.165, 1.54) is 6.07 Å². The third-order valence-corrected chi connectivity index (χ3v) is 6.04. The van der Waals surface area contributed by atoms with Crippen LogP contribution in [0.4, 0.5) is 16.2 Å². The van der Waals surface area contributed by atoms with E-state index in [-0.39, 0.29) is 23.1 Å². The van der Waals surface area contributed by atoms with Gasteiger partial charge < -0.3 is 20.7 Å². The molecule has 2 saturated heterocycles. The molecule has 2 aliphatic heterocycles. The minimum absolute atomic E-state index is 0.0460. The third-order valence-electron chi connectivity index (χ3n) is 5.12. The van der Waals surface area contributed by atoms with Gasteiger partial charge in [-0.2, -0.15) is 0 Å². The molecule has 2 fully saturated rings. The Kier molecular flexibility index (Phi) is 6.33. The van der Waals surface area contributed by atoms with Gasteiger partial charge in [-0.25, -0.2) is 4.79 Å². The van der Waals surface area contributed by atoms with Crippen LogP contribution in [-0.2, 0) is 4.74 Å². The van der Waals surface area contributed by atoms with Crippen molar-refractivity contribution in [2.75, 3.05) is 31.9 Å². The molecule has 0 aliphatic carbocycles. The van der Waals surface area contributed by atoms with E-state index in [1.807, 2.05) is 43.2 Å². The molecule has 0 unspecified atom stereocenters. The molecule has 1 aromatic heterocycles. The molecule has 30 heavy (non-hydrogen) atoms. The van der Waals surface area contributed by atoms with Gasteiger partial charge in [0.1, 0.15) is 11.3 Å². The summed E-state index contributed by atoms with van der Waals surface area (Å²) in [5, 5.41) is 15.8. The molecular formula is C21H28N4O4S. The van der Waals surface area contributed by atoms with Gasteiger partial charge in [0.15, 0.2) is 0 Å². The van der Waals surface area contributed by atoms with Gasteiger partial charge in [0.05, 0.1) is 4.92 Å². The van der Waals surface area contributed by atoms with Crippen molar-refractivity contribution in [3.63, 3.8) is 0 Å². The van der Waals surface area contributed by atoms with Crippen LogP contribution < -0.4 is 11.1 Å². The molecule has 4 rings (SSSR count). The summed E-state index contributed by atoms with van der Waals surface area (Å²) in [7, 11) is 0. The predicted octanol–water partition coefficient (Wildman–Crippen LogP) is 4.12. The number of nitrogens with two attached hydrogens (primary N) is 1. The van der Waals surface area contributed by atoms with Crippen molar-refractivity contribution in [1.29, 1.82) is 0 Å². The molecule has 9 heteroatoms. The first-order valence-corrected chi connectivity index (χ1v) is 10.7. The number of thiophene rings is 1. The number of nitro groups is 1. The van der Waals surface area contributed by atoms with Gasteiger partial charge in [0.2, 0.25) is 0 Å². The van der Waals surface area contributed by atoms with Crippen molar-refractivity contribution in [2.45, 2.75) is 32.8 Å². The molecule has 0 saturated carbocycles. The first-order valence-electron chi connectivity index (χ1n) is 9.85. The molecule has 1 amide bonds. The first-order chi connectivity index (χ1) is 14.1. The van der Waals surface area contributed by atoms with Crippen LogP contribution in [-0.4, -0.2) is 47.7 Å². The minimum atomic E-state index is -0.479. The minimum Gasteiger partial charge on any atom is -0.444 e. The molecule has 0 bridgehead atoms. The van der Waals surface area contributed by atoms with E-state index >= 15 is 0 Å². The van der Waals surface area contributed by atoms with Crippen molar-refractivity contribution in [1.82, 2.24) is 10.2 Å². The van der Waals surface area contributed by atoms with Crippen LogP contribution in [0.1, 0.15) is 27.2 Å². The molecule has 3 N–H and O–H groups in total. The number of benzene rings is 1. The number of carbonyl (C=O) groups is 1. The maximum atomic E-state index is 11.8. The first kappa shape index (κ1) is 22.0. The van der Waals surface area contributed by atoms with Crippen molar-refractivity contribution in [3.05, 3.63) is 45.8 Å². The summed E-state index contributed by atoms with van der Waals surface area (Å²) in [5.74, 6) is 0. The van der Waals surface area contributed by atoms with E-state index in [9.17, 15) is 14.9 Å². The van der Waals surface area contributed by atoms with Gasteiger partial charge in [0, 0.05) is 42.5 Å². The second kappa shape index (κ2) is 8.61. The number of rotatable bonds is 2. The van der Waals surface area contributed by atoms with Crippen LogP contribution in [0, 0.1) is 15.5 Å². The Morgan fingerprint density at radius 2 is 2.07 bits per heavy atom. The van der Waals surface area contributed by atoms with Crippen molar-refractivity contribution >= 4 is 28.8 Å². The molecule has 3 heterocycles.